The van der Waals surface area contributed by atoms with E-state index in [1.807, 2.05) is 36.4 Å². The summed E-state index contributed by atoms with van der Waals surface area (Å²) in [6, 6.07) is 14.7. The molecule has 1 atom stereocenters. The molecule has 6 N–H and O–H groups in total. The molecular weight excluding hydrogens is 488 g/mol. The molecule has 1 aliphatic rings. The Balaban J connectivity index is 1.39. The zero-order valence-electron chi connectivity index (χ0n) is 21.9. The number of hydrogen-bond donors (Lipinski definition) is 5. The van der Waals surface area contributed by atoms with Crippen LogP contribution in [0.5, 0.6) is 0 Å². The van der Waals surface area contributed by atoms with Crippen molar-refractivity contribution in [3.05, 3.63) is 109 Å². The zero-order chi connectivity index (χ0) is 27.5. The molecule has 1 heterocycles. The number of aromatic nitrogens is 3. The van der Waals surface area contributed by atoms with Crippen LogP contribution >= 0.6 is 0 Å². The van der Waals surface area contributed by atoms with E-state index in [4.69, 9.17) is 5.73 Å². The van der Waals surface area contributed by atoms with Gasteiger partial charge in [0.05, 0.1) is 11.4 Å². The number of benzene rings is 2. The lowest BCUT2D eigenvalue weighted by molar-refractivity contribution is 0.102. The molecule has 200 valence electrons. The molecule has 1 aliphatic carbocycles. The fourth-order valence-corrected chi connectivity index (χ4v) is 4.13. The van der Waals surface area contributed by atoms with Crippen LogP contribution in [0, 0.1) is 0 Å². The van der Waals surface area contributed by atoms with Crippen molar-refractivity contribution >= 4 is 35.1 Å². The fraction of sp³-hybridized carbons (Fsp3) is 0.200. The lowest BCUT2D eigenvalue weighted by Gasteiger charge is -2.14. The maximum atomic E-state index is 12.6. The highest BCUT2D eigenvalue weighted by molar-refractivity contribution is 6.05. The van der Waals surface area contributed by atoms with Crippen molar-refractivity contribution in [2.45, 2.75) is 31.8 Å². The second-order valence-corrected chi connectivity index (χ2v) is 9.10. The van der Waals surface area contributed by atoms with Crippen molar-refractivity contribution in [3.63, 3.8) is 0 Å². The van der Waals surface area contributed by atoms with Gasteiger partial charge in [0.25, 0.3) is 5.91 Å². The summed E-state index contributed by atoms with van der Waals surface area (Å²) in [5.74, 6) is 1.20. The summed E-state index contributed by atoms with van der Waals surface area (Å²) in [4.78, 5) is 26.2. The molecule has 0 bridgehead atoms. The van der Waals surface area contributed by atoms with E-state index in [9.17, 15) is 4.79 Å². The van der Waals surface area contributed by atoms with Gasteiger partial charge in [0.1, 0.15) is 0 Å². The summed E-state index contributed by atoms with van der Waals surface area (Å²) in [5, 5.41) is 12.7. The molecule has 4 rings (SSSR count). The first-order valence-corrected chi connectivity index (χ1v) is 12.9. The normalized spacial score (nSPS) is 15.7. The molecule has 9 heteroatoms. The van der Waals surface area contributed by atoms with E-state index >= 15 is 0 Å². The monoisotopic (exact) mass is 522 g/mol. The maximum absolute atomic E-state index is 12.6. The molecule has 0 spiro atoms. The van der Waals surface area contributed by atoms with Crippen LogP contribution < -0.4 is 27.0 Å². The van der Waals surface area contributed by atoms with Crippen molar-refractivity contribution in [3.8, 4) is 0 Å². The average Bonchev–Trinajstić information content (AvgIpc) is 3.39. The number of nitrogen functional groups attached to an aromatic ring is 1. The van der Waals surface area contributed by atoms with Gasteiger partial charge in [-0.05, 0) is 49.1 Å². The van der Waals surface area contributed by atoms with Crippen molar-refractivity contribution in [2.75, 3.05) is 33.5 Å². The van der Waals surface area contributed by atoms with Gasteiger partial charge in [0.15, 0.2) is 0 Å². The highest BCUT2D eigenvalue weighted by atomic mass is 16.1. The van der Waals surface area contributed by atoms with Crippen LogP contribution in [0.2, 0.25) is 0 Å². The molecule has 1 amide bonds. The number of nitrogens with two attached hydrogens (primary N) is 1. The third-order valence-corrected chi connectivity index (χ3v) is 6.15. The number of amides is 1. The predicted molar refractivity (Wildman–Crippen MR) is 160 cm³/mol. The van der Waals surface area contributed by atoms with Crippen LogP contribution in [0.15, 0.2) is 97.6 Å². The molecule has 9 nitrogen and oxygen atoms in total. The van der Waals surface area contributed by atoms with Crippen molar-refractivity contribution in [1.29, 1.82) is 0 Å². The molecule has 39 heavy (non-hydrogen) atoms. The topological polar surface area (TPSA) is 130 Å². The Hall–Kier alpha value is -4.92. The summed E-state index contributed by atoms with van der Waals surface area (Å²) in [5.41, 5.74) is 9.92. The Labute approximate surface area is 229 Å². The van der Waals surface area contributed by atoms with E-state index in [1.165, 1.54) is 5.57 Å². The predicted octanol–water partition coefficient (Wildman–Crippen LogP) is 5.55. The van der Waals surface area contributed by atoms with Gasteiger partial charge in [-0.15, -0.1) is 6.58 Å². The van der Waals surface area contributed by atoms with E-state index in [1.54, 1.807) is 36.4 Å². The number of allylic oxidation sites excluding steroid dienone is 4. The fourth-order valence-electron chi connectivity index (χ4n) is 4.13. The Bertz CT molecular complexity index is 1360. The Morgan fingerprint density at radius 2 is 1.72 bits per heavy atom. The third kappa shape index (κ3) is 8.03. The second-order valence-electron chi connectivity index (χ2n) is 9.10. The molecule has 0 saturated heterocycles. The first kappa shape index (κ1) is 27.1. The molecule has 0 radical (unpaired) electrons. The number of carbonyl (C=O) groups excluding carboxylic acids is 1. The number of nitrogens with one attached hydrogen (secondary N) is 4. The summed E-state index contributed by atoms with van der Waals surface area (Å²) in [6.07, 6.45) is 12.6. The summed E-state index contributed by atoms with van der Waals surface area (Å²) >= 11 is 0. The summed E-state index contributed by atoms with van der Waals surface area (Å²) in [7, 11) is 0. The van der Waals surface area contributed by atoms with Crippen LogP contribution in [0.3, 0.4) is 0 Å². The van der Waals surface area contributed by atoms with Crippen molar-refractivity contribution in [2.24, 2.45) is 0 Å². The molecule has 1 saturated carbocycles. The minimum absolute atomic E-state index is 0.222. The van der Waals surface area contributed by atoms with Crippen molar-refractivity contribution in [1.82, 2.24) is 15.0 Å². The number of para-hydroxylation sites is 2. The van der Waals surface area contributed by atoms with E-state index in [0.29, 0.717) is 47.9 Å². The zero-order valence-corrected chi connectivity index (χ0v) is 21.9. The van der Waals surface area contributed by atoms with E-state index in [0.717, 1.165) is 24.8 Å². The first-order valence-electron chi connectivity index (χ1n) is 12.9. The molecular formula is C30H34N8O. The lowest BCUT2D eigenvalue weighted by Crippen LogP contribution is -2.19. The Morgan fingerprint density at radius 3 is 2.46 bits per heavy atom. The minimum Gasteiger partial charge on any atom is -0.397 e. The SMILES string of the molecule is C=C/C=C\C=C1/CCC(Nc2nc(NCC=C)nc(NCc3ccc(C(=O)Nc4ccccc4N)cc3)n2)C1. The van der Waals surface area contributed by atoms with Crippen LogP contribution in [0.25, 0.3) is 0 Å². The van der Waals surface area contributed by atoms with E-state index in [-0.39, 0.29) is 11.9 Å². The van der Waals surface area contributed by atoms with Gasteiger partial charge in [-0.2, -0.15) is 15.0 Å². The second kappa shape index (κ2) is 13.6. The van der Waals surface area contributed by atoms with Crippen molar-refractivity contribution < 1.29 is 4.79 Å². The quantitative estimate of drug-likeness (QED) is 0.119. The molecule has 1 fully saturated rings. The number of carbonyl (C=O) groups is 1. The Kier molecular flexibility index (Phi) is 9.44. The molecule has 3 aromatic rings. The Morgan fingerprint density at radius 1 is 0.974 bits per heavy atom. The van der Waals surface area contributed by atoms with Crippen LogP contribution in [0.4, 0.5) is 29.2 Å². The van der Waals surface area contributed by atoms with Gasteiger partial charge in [0, 0.05) is 24.7 Å². The maximum Gasteiger partial charge on any atom is 0.255 e. The number of anilines is 5. The van der Waals surface area contributed by atoms with Gasteiger partial charge < -0.3 is 27.0 Å². The number of nitrogens with zero attached hydrogens (tertiary/aromatic N) is 3. The van der Waals surface area contributed by atoms with Gasteiger partial charge in [-0.1, -0.05) is 66.8 Å². The van der Waals surface area contributed by atoms with Gasteiger partial charge in [-0.3, -0.25) is 4.79 Å². The summed E-state index contributed by atoms with van der Waals surface area (Å²) < 4.78 is 0. The van der Waals surface area contributed by atoms with Crippen LogP contribution in [0.1, 0.15) is 35.2 Å². The highest BCUT2D eigenvalue weighted by Crippen LogP contribution is 2.27. The first-order chi connectivity index (χ1) is 19.0. The van der Waals surface area contributed by atoms with Gasteiger partial charge >= 0.3 is 0 Å². The van der Waals surface area contributed by atoms with Gasteiger partial charge in [-0.25, -0.2) is 0 Å². The smallest absolute Gasteiger partial charge is 0.255 e. The van der Waals surface area contributed by atoms with Crippen LogP contribution in [-0.4, -0.2) is 33.4 Å². The van der Waals surface area contributed by atoms with E-state index in [2.05, 4.69) is 55.5 Å². The molecule has 0 aliphatic heterocycles. The average molecular weight is 523 g/mol. The molecule has 1 unspecified atom stereocenters. The lowest BCUT2D eigenvalue weighted by atomic mass is 10.1. The minimum atomic E-state index is -0.222. The van der Waals surface area contributed by atoms with Gasteiger partial charge in [0.2, 0.25) is 17.8 Å². The largest absolute Gasteiger partial charge is 0.397 e. The standard InChI is InChI=1S/C30H34N8O/c1-3-5-6-9-21-14-17-24(19-21)34-30-37-28(32-18-4-2)36-29(38-30)33-20-22-12-15-23(16-13-22)27(39)35-26-11-8-7-10-25(26)31/h3-13,15-16,24H,1-2,14,17-20,31H2,(H,35,39)(H3,32,33,34,36,37,38)/b6-5-,21-9+. The number of hydrogen-bond acceptors (Lipinski definition) is 8. The molecule has 2 aromatic carbocycles. The summed E-state index contributed by atoms with van der Waals surface area (Å²) in [6.45, 7) is 8.47. The third-order valence-electron chi connectivity index (χ3n) is 6.15. The number of rotatable bonds is 12. The highest BCUT2D eigenvalue weighted by Gasteiger charge is 2.20. The molecule has 1 aromatic heterocycles. The van der Waals surface area contributed by atoms with Crippen LogP contribution in [-0.2, 0) is 6.54 Å². The van der Waals surface area contributed by atoms with E-state index < -0.39 is 0 Å².